The maximum absolute atomic E-state index is 12.0. The van der Waals surface area contributed by atoms with Gasteiger partial charge in [-0.2, -0.15) is 0 Å². The van der Waals surface area contributed by atoms with Gasteiger partial charge in [0, 0.05) is 6.54 Å². The van der Waals surface area contributed by atoms with Crippen LogP contribution in [-0.4, -0.2) is 33.8 Å². The van der Waals surface area contributed by atoms with Crippen LogP contribution in [0.1, 0.15) is 11.1 Å². The molecule has 2 rings (SSSR count). The number of aryl methyl sites for hydroxylation is 1. The second-order valence-electron chi connectivity index (χ2n) is 5.41. The van der Waals surface area contributed by atoms with Crippen molar-refractivity contribution in [2.75, 3.05) is 27.9 Å². The maximum atomic E-state index is 12.0. The molecule has 1 N–H and O–H groups in total. The lowest BCUT2D eigenvalue weighted by Gasteiger charge is -2.12. The molecule has 2 aromatic carbocycles. The largest absolute Gasteiger partial charge is 0.493 e. The van der Waals surface area contributed by atoms with Gasteiger partial charge in [-0.05, 0) is 42.3 Å². The lowest BCUT2D eigenvalue weighted by molar-refractivity contribution is -0.123. The van der Waals surface area contributed by atoms with Crippen LogP contribution < -0.4 is 24.3 Å². The number of carbonyl (C=O) groups is 1. The molecule has 0 aliphatic rings. The van der Waals surface area contributed by atoms with Crippen LogP contribution in [0.25, 0.3) is 0 Å². The minimum atomic E-state index is -0.225. The molecular formula is C19H23NO5. The molecule has 0 unspecified atom stereocenters. The summed E-state index contributed by atoms with van der Waals surface area (Å²) >= 11 is 0. The van der Waals surface area contributed by atoms with E-state index in [-0.39, 0.29) is 12.5 Å². The van der Waals surface area contributed by atoms with Crippen molar-refractivity contribution in [2.45, 2.75) is 13.5 Å². The fourth-order valence-corrected chi connectivity index (χ4v) is 2.28. The number of amides is 1. The highest BCUT2D eigenvalue weighted by Crippen LogP contribution is 2.28. The Labute approximate surface area is 147 Å². The second kappa shape index (κ2) is 8.82. The SMILES string of the molecule is COc1ccc(CNC(=O)COc2ccc(C)cc2OC)cc1OC. The quantitative estimate of drug-likeness (QED) is 0.797. The van der Waals surface area contributed by atoms with Crippen molar-refractivity contribution >= 4 is 5.91 Å². The highest BCUT2D eigenvalue weighted by molar-refractivity contribution is 5.77. The average Bonchev–Trinajstić information content (AvgIpc) is 2.64. The van der Waals surface area contributed by atoms with Crippen LogP contribution >= 0.6 is 0 Å². The van der Waals surface area contributed by atoms with E-state index in [9.17, 15) is 4.79 Å². The predicted molar refractivity (Wildman–Crippen MR) is 94.6 cm³/mol. The first kappa shape index (κ1) is 18.4. The van der Waals surface area contributed by atoms with E-state index in [2.05, 4.69) is 5.32 Å². The smallest absolute Gasteiger partial charge is 0.258 e. The molecule has 0 heterocycles. The van der Waals surface area contributed by atoms with Crippen LogP contribution in [-0.2, 0) is 11.3 Å². The summed E-state index contributed by atoms with van der Waals surface area (Å²) in [5.41, 5.74) is 1.96. The third kappa shape index (κ3) is 5.04. The van der Waals surface area contributed by atoms with E-state index in [1.807, 2.05) is 31.2 Å². The number of methoxy groups -OCH3 is 3. The molecule has 0 atom stereocenters. The molecule has 25 heavy (non-hydrogen) atoms. The third-order valence-electron chi connectivity index (χ3n) is 3.62. The van der Waals surface area contributed by atoms with Crippen molar-refractivity contribution in [3.8, 4) is 23.0 Å². The summed E-state index contributed by atoms with van der Waals surface area (Å²) in [6.07, 6.45) is 0. The van der Waals surface area contributed by atoms with Gasteiger partial charge >= 0.3 is 0 Å². The van der Waals surface area contributed by atoms with Crippen LogP contribution in [0.15, 0.2) is 36.4 Å². The van der Waals surface area contributed by atoms with E-state index < -0.39 is 0 Å². The molecule has 0 aliphatic heterocycles. The summed E-state index contributed by atoms with van der Waals surface area (Å²) in [6.45, 7) is 2.24. The number of benzene rings is 2. The van der Waals surface area contributed by atoms with Crippen molar-refractivity contribution in [2.24, 2.45) is 0 Å². The van der Waals surface area contributed by atoms with Gasteiger partial charge in [0.15, 0.2) is 29.6 Å². The summed E-state index contributed by atoms with van der Waals surface area (Å²) in [7, 11) is 4.72. The number of hydrogen-bond acceptors (Lipinski definition) is 5. The van der Waals surface area contributed by atoms with Crippen molar-refractivity contribution in [3.05, 3.63) is 47.5 Å². The van der Waals surface area contributed by atoms with Gasteiger partial charge in [0.2, 0.25) is 0 Å². The molecule has 0 aliphatic carbocycles. The average molecular weight is 345 g/mol. The van der Waals surface area contributed by atoms with Gasteiger partial charge in [-0.25, -0.2) is 0 Å². The first-order chi connectivity index (χ1) is 12.1. The summed E-state index contributed by atoms with van der Waals surface area (Å²) in [5, 5.41) is 2.81. The van der Waals surface area contributed by atoms with Crippen LogP contribution in [0, 0.1) is 6.92 Å². The standard InChI is InChI=1S/C19H23NO5/c1-13-5-7-16(17(9-13)23-3)25-12-19(21)20-11-14-6-8-15(22-2)18(10-14)24-4/h5-10H,11-12H2,1-4H3,(H,20,21). The van der Waals surface area contributed by atoms with Crippen molar-refractivity contribution in [1.29, 1.82) is 0 Å². The number of hydrogen-bond donors (Lipinski definition) is 1. The Balaban J connectivity index is 1.89. The van der Waals surface area contributed by atoms with Gasteiger partial charge in [0.05, 0.1) is 21.3 Å². The van der Waals surface area contributed by atoms with Crippen molar-refractivity contribution < 1.29 is 23.7 Å². The van der Waals surface area contributed by atoms with Crippen molar-refractivity contribution in [1.82, 2.24) is 5.32 Å². The van der Waals surface area contributed by atoms with Gasteiger partial charge in [0.25, 0.3) is 5.91 Å². The zero-order valence-electron chi connectivity index (χ0n) is 14.9. The molecule has 0 spiro atoms. The van der Waals surface area contributed by atoms with Crippen LogP contribution in [0.3, 0.4) is 0 Å². The number of nitrogens with one attached hydrogen (secondary N) is 1. The van der Waals surface area contributed by atoms with Crippen LogP contribution in [0.5, 0.6) is 23.0 Å². The van der Waals surface area contributed by atoms with Gasteiger partial charge in [-0.3, -0.25) is 4.79 Å². The molecule has 0 bridgehead atoms. The molecule has 134 valence electrons. The highest BCUT2D eigenvalue weighted by atomic mass is 16.5. The zero-order valence-corrected chi connectivity index (χ0v) is 14.9. The molecule has 0 fully saturated rings. The van der Waals surface area contributed by atoms with E-state index in [4.69, 9.17) is 18.9 Å². The monoisotopic (exact) mass is 345 g/mol. The predicted octanol–water partition coefficient (Wildman–Crippen LogP) is 2.72. The molecular weight excluding hydrogens is 322 g/mol. The Morgan fingerprint density at radius 3 is 2.20 bits per heavy atom. The second-order valence-corrected chi connectivity index (χ2v) is 5.41. The lowest BCUT2D eigenvalue weighted by atomic mass is 10.2. The number of rotatable bonds is 8. The van der Waals surface area contributed by atoms with Gasteiger partial charge in [0.1, 0.15) is 0 Å². The molecule has 1 amide bonds. The van der Waals surface area contributed by atoms with E-state index >= 15 is 0 Å². The lowest BCUT2D eigenvalue weighted by Crippen LogP contribution is -2.28. The normalized spacial score (nSPS) is 10.1. The minimum Gasteiger partial charge on any atom is -0.493 e. The first-order valence-electron chi connectivity index (χ1n) is 7.82. The van der Waals surface area contributed by atoms with E-state index in [1.54, 1.807) is 33.5 Å². The Morgan fingerprint density at radius 1 is 0.880 bits per heavy atom. The Bertz CT molecular complexity index is 730. The molecule has 0 radical (unpaired) electrons. The first-order valence-corrected chi connectivity index (χ1v) is 7.82. The summed E-state index contributed by atoms with van der Waals surface area (Å²) in [6, 6.07) is 11.0. The molecule has 6 heteroatoms. The fourth-order valence-electron chi connectivity index (χ4n) is 2.28. The van der Waals surface area contributed by atoms with Crippen LogP contribution in [0.4, 0.5) is 0 Å². The highest BCUT2D eigenvalue weighted by Gasteiger charge is 2.09. The summed E-state index contributed by atoms with van der Waals surface area (Å²) in [5.74, 6) is 2.18. The topological polar surface area (TPSA) is 66.0 Å². The van der Waals surface area contributed by atoms with Crippen LogP contribution in [0.2, 0.25) is 0 Å². The molecule has 2 aromatic rings. The summed E-state index contributed by atoms with van der Waals surface area (Å²) < 4.78 is 21.2. The Kier molecular flexibility index (Phi) is 6.51. The molecule has 6 nitrogen and oxygen atoms in total. The fraction of sp³-hybridized carbons (Fsp3) is 0.316. The number of carbonyl (C=O) groups excluding carboxylic acids is 1. The number of ether oxygens (including phenoxy) is 4. The summed E-state index contributed by atoms with van der Waals surface area (Å²) in [4.78, 5) is 12.0. The Morgan fingerprint density at radius 2 is 1.52 bits per heavy atom. The third-order valence-corrected chi connectivity index (χ3v) is 3.62. The molecule has 0 saturated carbocycles. The molecule has 0 saturated heterocycles. The van der Waals surface area contributed by atoms with Gasteiger partial charge in [-0.1, -0.05) is 12.1 Å². The van der Waals surface area contributed by atoms with E-state index in [1.165, 1.54) is 0 Å². The van der Waals surface area contributed by atoms with Crippen molar-refractivity contribution in [3.63, 3.8) is 0 Å². The van der Waals surface area contributed by atoms with Gasteiger partial charge < -0.3 is 24.3 Å². The Hall–Kier alpha value is -2.89. The minimum absolute atomic E-state index is 0.0906. The van der Waals surface area contributed by atoms with E-state index in [0.717, 1.165) is 11.1 Å². The molecule has 0 aromatic heterocycles. The zero-order chi connectivity index (χ0) is 18.2. The van der Waals surface area contributed by atoms with Gasteiger partial charge in [-0.15, -0.1) is 0 Å². The van der Waals surface area contributed by atoms with E-state index in [0.29, 0.717) is 29.5 Å². The maximum Gasteiger partial charge on any atom is 0.258 e.